The summed E-state index contributed by atoms with van der Waals surface area (Å²) in [6.45, 7) is -1.48. The maximum Gasteiger partial charge on any atom is 0.387 e. The Bertz CT molecular complexity index is 1390. The zero-order valence-corrected chi connectivity index (χ0v) is 20.2. The van der Waals surface area contributed by atoms with Crippen molar-refractivity contribution in [3.63, 3.8) is 0 Å². The molecule has 3 fully saturated rings. The van der Waals surface area contributed by atoms with E-state index < -0.39 is 12.7 Å². The lowest BCUT2D eigenvalue weighted by atomic mass is 10.00. The number of rotatable bonds is 9. The number of nitrogens with zero attached hydrogens (tertiary/aromatic N) is 4. The Balaban J connectivity index is 1.12. The number of pyridine rings is 1. The van der Waals surface area contributed by atoms with Gasteiger partial charge in [-0.15, -0.1) is 0 Å². The third-order valence-electron chi connectivity index (χ3n) is 7.86. The second kappa shape index (κ2) is 9.00. The number of carbonyl (C=O) groups excluding carboxylic acids is 3. The van der Waals surface area contributed by atoms with Gasteiger partial charge < -0.3 is 9.64 Å². The number of Topliss-reactive ketones (excluding diaryl/α,β-unsaturated/α-hetero) is 2. The normalized spacial score (nSPS) is 25.8. The van der Waals surface area contributed by atoms with Gasteiger partial charge in [0.15, 0.2) is 11.6 Å². The lowest BCUT2D eigenvalue weighted by Crippen LogP contribution is -2.44. The van der Waals surface area contributed by atoms with E-state index in [-0.39, 0.29) is 47.6 Å². The highest BCUT2D eigenvalue weighted by molar-refractivity contribution is 6.04. The number of aromatic nitrogens is 3. The summed E-state index contributed by atoms with van der Waals surface area (Å²) in [7, 11) is 0. The van der Waals surface area contributed by atoms with Crippen LogP contribution in [-0.4, -0.2) is 55.8 Å². The molecule has 0 spiro atoms. The van der Waals surface area contributed by atoms with Gasteiger partial charge in [0.05, 0.1) is 17.8 Å². The molecule has 5 atom stereocenters. The number of piperidine rings is 1. The first-order chi connectivity index (χ1) is 17.8. The van der Waals surface area contributed by atoms with Crippen LogP contribution in [0.15, 0.2) is 42.7 Å². The molecular formula is C27H26F2N4O4. The van der Waals surface area contributed by atoms with Crippen molar-refractivity contribution in [1.82, 2.24) is 19.7 Å². The van der Waals surface area contributed by atoms with E-state index in [2.05, 4.69) is 14.8 Å². The van der Waals surface area contributed by atoms with Crippen molar-refractivity contribution in [2.45, 2.75) is 63.8 Å². The number of hydrogen-bond acceptors (Lipinski definition) is 6. The average molecular weight is 509 g/mol. The van der Waals surface area contributed by atoms with Crippen molar-refractivity contribution in [2.24, 2.45) is 11.8 Å². The first kappa shape index (κ1) is 23.7. The number of benzene rings is 1. The molecule has 0 bridgehead atoms. The summed E-state index contributed by atoms with van der Waals surface area (Å²) in [6, 6.07) is 7.95. The van der Waals surface area contributed by atoms with E-state index in [4.69, 9.17) is 0 Å². The number of halogens is 2. The minimum absolute atomic E-state index is 0.0540. The van der Waals surface area contributed by atoms with Crippen LogP contribution in [0.2, 0.25) is 0 Å². The highest BCUT2D eigenvalue weighted by Gasteiger charge is 2.56. The molecule has 2 aliphatic carbocycles. The molecule has 3 aliphatic rings. The van der Waals surface area contributed by atoms with Crippen LogP contribution in [0.4, 0.5) is 8.78 Å². The van der Waals surface area contributed by atoms with E-state index in [1.165, 1.54) is 23.7 Å². The first-order valence-corrected chi connectivity index (χ1v) is 12.5. The molecule has 3 heterocycles. The number of fused-ring (bicyclic) bond motifs is 2. The fourth-order valence-electron chi connectivity index (χ4n) is 5.89. The maximum atomic E-state index is 13.4. The summed E-state index contributed by atoms with van der Waals surface area (Å²) >= 11 is 0. The number of likely N-dealkylation sites (tertiary alicyclic amines) is 1. The molecule has 6 rings (SSSR count). The van der Waals surface area contributed by atoms with Crippen LogP contribution in [0.25, 0.3) is 10.9 Å². The number of carbonyl (C=O) groups is 3. The molecule has 0 radical (unpaired) electrons. The van der Waals surface area contributed by atoms with Gasteiger partial charge in [-0.05, 0) is 60.8 Å². The SMILES string of the molecule is CC(=O)c1nn(CC(=O)N2[C@@H]3C[C@@H]3C[C@H]2C(=O)CC2CC2c2ccc(OC(F)F)cc2)c2cnccc12. The minimum atomic E-state index is -2.86. The van der Waals surface area contributed by atoms with E-state index in [9.17, 15) is 23.2 Å². The van der Waals surface area contributed by atoms with Gasteiger partial charge >= 0.3 is 6.61 Å². The molecule has 1 amide bonds. The second-order valence-corrected chi connectivity index (χ2v) is 10.3. The molecule has 0 N–H and O–H groups in total. The fourth-order valence-corrected chi connectivity index (χ4v) is 5.89. The molecule has 1 aliphatic heterocycles. The van der Waals surface area contributed by atoms with Crippen LogP contribution in [-0.2, 0) is 16.1 Å². The van der Waals surface area contributed by atoms with Gasteiger partial charge in [-0.1, -0.05) is 12.1 Å². The van der Waals surface area contributed by atoms with Crippen molar-refractivity contribution >= 4 is 28.4 Å². The topological polar surface area (TPSA) is 94.4 Å². The Labute approximate surface area is 211 Å². The third kappa shape index (κ3) is 4.49. The monoisotopic (exact) mass is 508 g/mol. The van der Waals surface area contributed by atoms with Crippen LogP contribution in [0, 0.1) is 11.8 Å². The average Bonchev–Trinajstić information content (AvgIpc) is 3.74. The van der Waals surface area contributed by atoms with Gasteiger partial charge in [-0.25, -0.2) is 0 Å². The molecule has 3 aromatic rings. The van der Waals surface area contributed by atoms with E-state index in [1.54, 1.807) is 35.5 Å². The van der Waals surface area contributed by atoms with Crippen molar-refractivity contribution < 1.29 is 27.9 Å². The number of alkyl halides is 2. The predicted octanol–water partition coefficient (Wildman–Crippen LogP) is 3.99. The summed E-state index contributed by atoms with van der Waals surface area (Å²) in [5, 5.41) is 5.03. The van der Waals surface area contributed by atoms with E-state index in [1.807, 2.05) is 0 Å². The van der Waals surface area contributed by atoms with E-state index >= 15 is 0 Å². The van der Waals surface area contributed by atoms with Crippen LogP contribution >= 0.6 is 0 Å². The van der Waals surface area contributed by atoms with Gasteiger partial charge in [0.1, 0.15) is 18.0 Å². The molecule has 37 heavy (non-hydrogen) atoms. The quantitative estimate of drug-likeness (QED) is 0.406. The molecule has 10 heteroatoms. The standard InChI is InChI=1S/C27H26F2N4O4/c1-14(34)26-19-6-7-30-12-23(19)32(31-26)13-25(36)33-21-9-17(21)10-22(33)24(35)11-16-8-20(16)15-2-4-18(5-3-15)37-27(28)29/h2-7,12,16-17,20-22,27H,8-11,13H2,1H3/t16?,17-,20?,21-,22+/m1/s1. The van der Waals surface area contributed by atoms with Gasteiger partial charge in [0.25, 0.3) is 0 Å². The smallest absolute Gasteiger partial charge is 0.387 e. The Morgan fingerprint density at radius 2 is 1.89 bits per heavy atom. The predicted molar refractivity (Wildman–Crippen MR) is 128 cm³/mol. The summed E-state index contributed by atoms with van der Waals surface area (Å²) in [5.74, 6) is 0.576. The Kier molecular flexibility index (Phi) is 5.77. The fraction of sp³-hybridized carbons (Fsp3) is 0.444. The zero-order valence-electron chi connectivity index (χ0n) is 20.2. The molecule has 8 nitrogen and oxygen atoms in total. The summed E-state index contributed by atoms with van der Waals surface area (Å²) < 4.78 is 30.7. The Morgan fingerprint density at radius 3 is 2.62 bits per heavy atom. The van der Waals surface area contributed by atoms with Gasteiger partial charge in [-0.3, -0.25) is 24.0 Å². The lowest BCUT2D eigenvalue weighted by Gasteiger charge is -2.27. The number of ketones is 2. The van der Waals surface area contributed by atoms with Gasteiger partial charge in [0.2, 0.25) is 5.91 Å². The first-order valence-electron chi connectivity index (χ1n) is 12.5. The van der Waals surface area contributed by atoms with Gasteiger partial charge in [-0.2, -0.15) is 13.9 Å². The molecule has 1 aromatic carbocycles. The minimum Gasteiger partial charge on any atom is -0.435 e. The van der Waals surface area contributed by atoms with Crippen molar-refractivity contribution in [1.29, 1.82) is 0 Å². The molecule has 192 valence electrons. The number of amides is 1. The second-order valence-electron chi connectivity index (χ2n) is 10.3. The highest BCUT2D eigenvalue weighted by atomic mass is 19.3. The molecule has 2 aromatic heterocycles. The largest absolute Gasteiger partial charge is 0.435 e. The zero-order chi connectivity index (χ0) is 25.8. The number of hydrogen-bond donors (Lipinski definition) is 0. The number of ether oxygens (including phenoxy) is 1. The Morgan fingerprint density at radius 1 is 1.11 bits per heavy atom. The molecular weight excluding hydrogens is 482 g/mol. The van der Waals surface area contributed by atoms with Gasteiger partial charge in [0, 0.05) is 31.0 Å². The van der Waals surface area contributed by atoms with Crippen molar-refractivity contribution in [2.75, 3.05) is 0 Å². The van der Waals surface area contributed by atoms with Crippen molar-refractivity contribution in [3.05, 3.63) is 54.0 Å². The van der Waals surface area contributed by atoms with Crippen LogP contribution in [0.3, 0.4) is 0 Å². The van der Waals surface area contributed by atoms with Crippen molar-refractivity contribution in [3.8, 4) is 5.75 Å². The molecule has 1 saturated heterocycles. The van der Waals surface area contributed by atoms with E-state index in [0.29, 0.717) is 35.4 Å². The highest BCUT2D eigenvalue weighted by Crippen LogP contribution is 2.52. The van der Waals surface area contributed by atoms with Crippen LogP contribution in [0.1, 0.15) is 54.6 Å². The third-order valence-corrected chi connectivity index (χ3v) is 7.86. The summed E-state index contributed by atoms with van der Waals surface area (Å²) in [6.07, 6.45) is 6.02. The summed E-state index contributed by atoms with van der Waals surface area (Å²) in [5.41, 5.74) is 1.92. The molecule has 2 saturated carbocycles. The maximum absolute atomic E-state index is 13.4. The van der Waals surface area contributed by atoms with E-state index in [0.717, 1.165) is 18.4 Å². The van der Waals surface area contributed by atoms with Crippen LogP contribution in [0.5, 0.6) is 5.75 Å². The summed E-state index contributed by atoms with van der Waals surface area (Å²) in [4.78, 5) is 44.6. The lowest BCUT2D eigenvalue weighted by molar-refractivity contribution is -0.139. The molecule has 2 unspecified atom stereocenters. The Hall–Kier alpha value is -3.69. The van der Waals surface area contributed by atoms with Crippen LogP contribution < -0.4 is 4.74 Å².